The first-order valence-electron chi connectivity index (χ1n) is 5.39. The van der Waals surface area contributed by atoms with E-state index in [4.69, 9.17) is 0 Å². The van der Waals surface area contributed by atoms with E-state index >= 15 is 0 Å². The lowest BCUT2D eigenvalue weighted by molar-refractivity contribution is 0.527. The van der Waals surface area contributed by atoms with Gasteiger partial charge < -0.3 is 4.98 Å². The van der Waals surface area contributed by atoms with Crippen molar-refractivity contribution in [2.45, 2.75) is 38.3 Å². The van der Waals surface area contributed by atoms with Crippen LogP contribution in [-0.4, -0.2) is 24.4 Å². The molecule has 1 unspecified atom stereocenters. The molecule has 0 radical (unpaired) electrons. The minimum absolute atomic E-state index is 0.117. The van der Waals surface area contributed by atoms with Gasteiger partial charge in [0.1, 0.15) is 5.82 Å². The Kier molecular flexibility index (Phi) is 3.27. The van der Waals surface area contributed by atoms with Crippen molar-refractivity contribution in [3.63, 3.8) is 0 Å². The number of nitrogens with zero attached hydrogens (tertiary/aromatic N) is 1. The van der Waals surface area contributed by atoms with Gasteiger partial charge in [-0.05, 0) is 19.3 Å². The minimum Gasteiger partial charge on any atom is -0.347 e. The number of imidazole rings is 1. The molecule has 6 nitrogen and oxygen atoms in total. The molecule has 1 atom stereocenters. The predicted molar refractivity (Wildman–Crippen MR) is 59.8 cm³/mol. The molecule has 0 bridgehead atoms. The third-order valence-corrected chi connectivity index (χ3v) is 3.69. The third kappa shape index (κ3) is 3.03. The summed E-state index contributed by atoms with van der Waals surface area (Å²) in [7, 11) is -3.42. The smallest absolute Gasteiger partial charge is 0.277 e. The van der Waals surface area contributed by atoms with E-state index in [0.717, 1.165) is 12.8 Å². The third-order valence-electron chi connectivity index (χ3n) is 2.45. The Bertz CT molecular complexity index is 424. The lowest BCUT2D eigenvalue weighted by Crippen LogP contribution is -2.40. The van der Waals surface area contributed by atoms with E-state index < -0.39 is 10.2 Å². The maximum Gasteiger partial charge on any atom is 0.277 e. The van der Waals surface area contributed by atoms with Crippen LogP contribution >= 0.6 is 0 Å². The van der Waals surface area contributed by atoms with Crippen molar-refractivity contribution >= 4 is 10.2 Å². The lowest BCUT2D eigenvalue weighted by atomic mass is 10.2. The van der Waals surface area contributed by atoms with Crippen LogP contribution in [0.5, 0.6) is 0 Å². The highest BCUT2D eigenvalue weighted by molar-refractivity contribution is 7.87. The maximum atomic E-state index is 11.7. The van der Waals surface area contributed by atoms with Crippen LogP contribution in [0.2, 0.25) is 0 Å². The predicted octanol–water partition coefficient (Wildman–Crippen LogP) is 0.447. The summed E-state index contributed by atoms with van der Waals surface area (Å²) in [6.07, 6.45) is 5.80. The second kappa shape index (κ2) is 4.52. The van der Waals surface area contributed by atoms with Gasteiger partial charge in [-0.1, -0.05) is 6.92 Å². The molecule has 1 aliphatic carbocycles. The Hall–Kier alpha value is -0.920. The summed E-state index contributed by atoms with van der Waals surface area (Å²) in [6.45, 7) is 1.91. The molecular formula is C9H16N4O2S. The number of hydrogen-bond acceptors (Lipinski definition) is 3. The van der Waals surface area contributed by atoms with Crippen molar-refractivity contribution in [2.24, 2.45) is 0 Å². The number of aromatic nitrogens is 2. The van der Waals surface area contributed by atoms with Gasteiger partial charge in [0.25, 0.3) is 10.2 Å². The molecule has 3 N–H and O–H groups in total. The zero-order chi connectivity index (χ0) is 11.6. The monoisotopic (exact) mass is 244 g/mol. The number of aromatic amines is 1. The molecule has 1 fully saturated rings. The first-order valence-corrected chi connectivity index (χ1v) is 6.88. The summed E-state index contributed by atoms with van der Waals surface area (Å²) in [5.41, 5.74) is 0. The lowest BCUT2D eigenvalue weighted by Gasteiger charge is -2.15. The van der Waals surface area contributed by atoms with Crippen LogP contribution in [0.25, 0.3) is 0 Å². The van der Waals surface area contributed by atoms with Crippen LogP contribution in [0.15, 0.2) is 12.4 Å². The van der Waals surface area contributed by atoms with Gasteiger partial charge >= 0.3 is 0 Å². The summed E-state index contributed by atoms with van der Waals surface area (Å²) in [5, 5.41) is 0. The summed E-state index contributed by atoms with van der Waals surface area (Å²) in [4.78, 5) is 6.97. The maximum absolute atomic E-state index is 11.7. The molecule has 1 aliphatic rings. The molecule has 7 heteroatoms. The zero-order valence-electron chi connectivity index (χ0n) is 9.10. The summed E-state index contributed by atoms with van der Waals surface area (Å²) in [5.74, 6) is 0.642. The fraction of sp³-hybridized carbons (Fsp3) is 0.667. The number of nitrogens with one attached hydrogen (secondary N) is 3. The molecule has 0 aromatic carbocycles. The molecule has 16 heavy (non-hydrogen) atoms. The fourth-order valence-corrected chi connectivity index (χ4v) is 2.84. The van der Waals surface area contributed by atoms with Crippen LogP contribution in [0.1, 0.15) is 38.1 Å². The second-order valence-electron chi connectivity index (χ2n) is 3.95. The molecule has 0 spiro atoms. The first-order chi connectivity index (χ1) is 7.61. The number of H-pyrrole nitrogens is 1. The molecule has 1 saturated carbocycles. The van der Waals surface area contributed by atoms with Gasteiger partial charge in [-0.2, -0.15) is 17.9 Å². The highest BCUT2D eigenvalue weighted by Crippen LogP contribution is 2.20. The molecule has 1 aromatic heterocycles. The average Bonchev–Trinajstić information content (AvgIpc) is 2.85. The molecule has 90 valence electrons. The van der Waals surface area contributed by atoms with Gasteiger partial charge in [-0.15, -0.1) is 0 Å². The van der Waals surface area contributed by atoms with E-state index in [0.29, 0.717) is 12.2 Å². The molecule has 2 rings (SSSR count). The van der Waals surface area contributed by atoms with E-state index in [1.165, 1.54) is 0 Å². The summed E-state index contributed by atoms with van der Waals surface area (Å²) < 4.78 is 28.5. The Morgan fingerprint density at radius 2 is 2.38 bits per heavy atom. The van der Waals surface area contributed by atoms with Crippen molar-refractivity contribution in [1.82, 2.24) is 19.4 Å². The molecule has 1 heterocycles. The van der Waals surface area contributed by atoms with Crippen molar-refractivity contribution < 1.29 is 8.42 Å². The van der Waals surface area contributed by atoms with Gasteiger partial charge in [-0.25, -0.2) is 4.98 Å². The quantitative estimate of drug-likeness (QED) is 0.679. The van der Waals surface area contributed by atoms with E-state index in [2.05, 4.69) is 19.4 Å². The molecule has 1 aromatic rings. The number of rotatable bonds is 6. The molecule has 0 saturated heterocycles. The number of hydrogen-bond donors (Lipinski definition) is 3. The molecule has 0 amide bonds. The minimum atomic E-state index is -3.42. The topological polar surface area (TPSA) is 86.9 Å². The van der Waals surface area contributed by atoms with Crippen LogP contribution in [0.3, 0.4) is 0 Å². The summed E-state index contributed by atoms with van der Waals surface area (Å²) >= 11 is 0. The normalized spacial score (nSPS) is 18.6. The van der Waals surface area contributed by atoms with E-state index in [-0.39, 0.29) is 12.1 Å². The Balaban J connectivity index is 2.00. The Labute approximate surface area is 95.0 Å². The molecular weight excluding hydrogens is 228 g/mol. The average molecular weight is 244 g/mol. The van der Waals surface area contributed by atoms with E-state index in [9.17, 15) is 8.42 Å². The van der Waals surface area contributed by atoms with Gasteiger partial charge in [0.15, 0.2) is 0 Å². The second-order valence-corrected chi connectivity index (χ2v) is 5.43. The Morgan fingerprint density at radius 3 is 2.88 bits per heavy atom. The highest BCUT2D eigenvalue weighted by Gasteiger charge is 2.28. The van der Waals surface area contributed by atoms with E-state index in [1.807, 2.05) is 6.92 Å². The van der Waals surface area contributed by atoms with Crippen molar-refractivity contribution in [2.75, 3.05) is 0 Å². The van der Waals surface area contributed by atoms with Crippen molar-refractivity contribution in [3.05, 3.63) is 18.2 Å². The van der Waals surface area contributed by atoms with Crippen LogP contribution in [0, 0.1) is 0 Å². The Morgan fingerprint density at radius 1 is 1.62 bits per heavy atom. The van der Waals surface area contributed by atoms with Gasteiger partial charge in [0.2, 0.25) is 0 Å². The van der Waals surface area contributed by atoms with Crippen molar-refractivity contribution in [1.29, 1.82) is 0 Å². The van der Waals surface area contributed by atoms with Gasteiger partial charge in [0.05, 0.1) is 6.04 Å². The van der Waals surface area contributed by atoms with E-state index in [1.54, 1.807) is 12.4 Å². The fourth-order valence-electron chi connectivity index (χ4n) is 1.44. The van der Waals surface area contributed by atoms with Crippen LogP contribution in [0.4, 0.5) is 0 Å². The standard InChI is InChI=1S/C9H16N4O2S/c1-2-8(9-10-5-6-11-9)13-16(14,15)12-7-3-4-7/h5-8,12-13H,2-4H2,1H3,(H,10,11). The largest absolute Gasteiger partial charge is 0.347 e. The highest BCUT2D eigenvalue weighted by atomic mass is 32.2. The van der Waals surface area contributed by atoms with Crippen molar-refractivity contribution in [3.8, 4) is 0 Å². The van der Waals surface area contributed by atoms with Crippen LogP contribution < -0.4 is 9.44 Å². The molecule has 0 aliphatic heterocycles. The van der Waals surface area contributed by atoms with Gasteiger partial charge in [0, 0.05) is 18.4 Å². The SMILES string of the molecule is CCC(NS(=O)(=O)NC1CC1)c1ncc[nH]1. The van der Waals surface area contributed by atoms with Crippen LogP contribution in [-0.2, 0) is 10.2 Å². The first kappa shape index (κ1) is 11.6. The zero-order valence-corrected chi connectivity index (χ0v) is 9.92. The summed E-state index contributed by atoms with van der Waals surface area (Å²) in [6, 6.07) is -0.183. The van der Waals surface area contributed by atoms with Gasteiger partial charge in [-0.3, -0.25) is 0 Å².